The van der Waals surface area contributed by atoms with Crippen molar-refractivity contribution in [2.75, 3.05) is 31.6 Å². The largest absolute Gasteiger partial charge is 0.408 e. The van der Waals surface area contributed by atoms with Crippen molar-refractivity contribution >= 4 is 11.9 Å². The number of carbonyl (C=O) groups excluding carboxylic acids is 1. The molecular weight excluding hydrogens is 391 g/mol. The highest BCUT2D eigenvalue weighted by atomic mass is 19.4. The Balaban J connectivity index is 1.64. The Kier molecular flexibility index (Phi) is 4.97. The molecule has 1 saturated heterocycles. The Bertz CT molecular complexity index is 898. The van der Waals surface area contributed by atoms with Gasteiger partial charge >= 0.3 is 6.18 Å². The zero-order valence-electron chi connectivity index (χ0n) is 16.2. The van der Waals surface area contributed by atoms with Crippen molar-refractivity contribution in [3.8, 4) is 0 Å². The average molecular weight is 413 g/mol. The lowest BCUT2D eigenvalue weighted by Crippen LogP contribution is -2.44. The predicted octanol–water partition coefficient (Wildman–Crippen LogP) is 1.68. The van der Waals surface area contributed by atoms with Crippen LogP contribution in [0.15, 0.2) is 0 Å². The highest BCUT2D eigenvalue weighted by molar-refractivity contribution is 5.91. The van der Waals surface area contributed by atoms with E-state index in [0.717, 1.165) is 17.6 Å². The summed E-state index contributed by atoms with van der Waals surface area (Å²) in [5.41, 5.74) is 1.38. The Hall–Kier alpha value is -2.63. The van der Waals surface area contributed by atoms with Crippen molar-refractivity contribution in [1.82, 2.24) is 29.4 Å². The molecule has 1 unspecified atom stereocenters. The van der Waals surface area contributed by atoms with Crippen LogP contribution in [0.3, 0.4) is 0 Å². The van der Waals surface area contributed by atoms with Gasteiger partial charge in [-0.1, -0.05) is 0 Å². The number of fused-ring (bicyclic) bond motifs is 1. The van der Waals surface area contributed by atoms with Crippen LogP contribution in [0.1, 0.15) is 40.0 Å². The molecular formula is C17H22F3N7O2. The van der Waals surface area contributed by atoms with Gasteiger partial charge in [-0.15, -0.1) is 5.10 Å². The summed E-state index contributed by atoms with van der Waals surface area (Å²) in [5.74, 6) is 0.249. The summed E-state index contributed by atoms with van der Waals surface area (Å²) in [5, 5.41) is 11.4. The van der Waals surface area contributed by atoms with E-state index in [0.29, 0.717) is 42.6 Å². The van der Waals surface area contributed by atoms with E-state index in [1.165, 1.54) is 0 Å². The number of halogens is 3. The first-order valence-electron chi connectivity index (χ1n) is 9.42. The monoisotopic (exact) mass is 413 g/mol. The van der Waals surface area contributed by atoms with Gasteiger partial charge < -0.3 is 15.0 Å². The van der Waals surface area contributed by atoms with Crippen molar-refractivity contribution in [1.29, 1.82) is 0 Å². The van der Waals surface area contributed by atoms with Gasteiger partial charge in [-0.25, -0.2) is 4.68 Å². The zero-order chi connectivity index (χ0) is 20.8. The molecule has 2 aliphatic rings. The Morgan fingerprint density at radius 2 is 2.07 bits per heavy atom. The molecule has 2 aromatic heterocycles. The molecule has 1 fully saturated rings. The van der Waals surface area contributed by atoms with Crippen LogP contribution in [0.25, 0.3) is 0 Å². The molecule has 9 nitrogen and oxygen atoms in total. The molecule has 29 heavy (non-hydrogen) atoms. The van der Waals surface area contributed by atoms with Gasteiger partial charge in [-0.05, 0) is 20.3 Å². The average Bonchev–Trinajstić information content (AvgIpc) is 3.21. The standard InChI is InChI=1S/C17H22F3N7O2/c1-10-13(11(2)27(23-10)9-17(18,19)20)12-8-29-7-6-25(12)15(28)14-22-16-21-4-3-5-26(16)24-14/h12H,3-9H2,1-2H3,(H,21,22,24). The number of hydrogen-bond acceptors (Lipinski definition) is 6. The number of hydrogen-bond donors (Lipinski definition) is 1. The maximum absolute atomic E-state index is 13.2. The number of ether oxygens (including phenoxy) is 1. The van der Waals surface area contributed by atoms with Crippen LogP contribution >= 0.6 is 0 Å². The topological polar surface area (TPSA) is 90.1 Å². The van der Waals surface area contributed by atoms with Crippen LogP contribution in [0.2, 0.25) is 0 Å². The fourth-order valence-corrected chi connectivity index (χ4v) is 3.88. The summed E-state index contributed by atoms with van der Waals surface area (Å²) in [6.07, 6.45) is -3.49. The Morgan fingerprint density at radius 1 is 1.28 bits per heavy atom. The van der Waals surface area contributed by atoms with Crippen LogP contribution < -0.4 is 5.32 Å². The maximum atomic E-state index is 13.2. The van der Waals surface area contributed by atoms with Crippen LogP contribution in [0.5, 0.6) is 0 Å². The van der Waals surface area contributed by atoms with Crippen molar-refractivity contribution in [3.05, 3.63) is 22.8 Å². The quantitative estimate of drug-likeness (QED) is 0.824. The second-order valence-corrected chi connectivity index (χ2v) is 7.21. The van der Waals surface area contributed by atoms with E-state index in [-0.39, 0.29) is 18.3 Å². The molecule has 0 aromatic carbocycles. The van der Waals surface area contributed by atoms with Crippen LogP contribution in [0.4, 0.5) is 19.1 Å². The number of aryl methyl sites for hydroxylation is 2. The number of alkyl halides is 3. The number of aromatic nitrogens is 5. The van der Waals surface area contributed by atoms with Gasteiger partial charge in [0.05, 0.1) is 24.9 Å². The normalized spacial score (nSPS) is 19.8. The van der Waals surface area contributed by atoms with Gasteiger partial charge in [-0.3, -0.25) is 9.48 Å². The molecule has 1 atom stereocenters. The van der Waals surface area contributed by atoms with Gasteiger partial charge in [0.1, 0.15) is 6.54 Å². The summed E-state index contributed by atoms with van der Waals surface area (Å²) in [6, 6.07) is -0.549. The van der Waals surface area contributed by atoms with Gasteiger partial charge in [0.2, 0.25) is 11.8 Å². The van der Waals surface area contributed by atoms with Gasteiger partial charge in [0.15, 0.2) is 0 Å². The second-order valence-electron chi connectivity index (χ2n) is 7.21. The molecule has 0 bridgehead atoms. The molecule has 1 N–H and O–H groups in total. The van der Waals surface area contributed by atoms with E-state index in [1.54, 1.807) is 23.4 Å². The van der Waals surface area contributed by atoms with Crippen molar-refractivity contribution in [2.45, 2.75) is 45.6 Å². The lowest BCUT2D eigenvalue weighted by atomic mass is 10.0. The third kappa shape index (κ3) is 3.80. The van der Waals surface area contributed by atoms with E-state index >= 15 is 0 Å². The predicted molar refractivity (Wildman–Crippen MR) is 95.5 cm³/mol. The molecule has 2 aliphatic heterocycles. The molecule has 2 aromatic rings. The SMILES string of the molecule is Cc1nn(CC(F)(F)F)c(C)c1C1COCCN1C(=O)c1nc2n(n1)CCCN2. The molecule has 1 amide bonds. The third-order valence-electron chi connectivity index (χ3n) is 5.18. The first kappa shape index (κ1) is 19.7. The first-order valence-corrected chi connectivity index (χ1v) is 9.42. The lowest BCUT2D eigenvalue weighted by molar-refractivity contribution is -0.143. The smallest absolute Gasteiger partial charge is 0.377 e. The fourth-order valence-electron chi connectivity index (χ4n) is 3.88. The van der Waals surface area contributed by atoms with Crippen LogP contribution in [0, 0.1) is 13.8 Å². The number of morpholine rings is 1. The van der Waals surface area contributed by atoms with Gasteiger partial charge in [-0.2, -0.15) is 23.3 Å². The minimum Gasteiger partial charge on any atom is -0.377 e. The Labute approximate surface area is 164 Å². The highest BCUT2D eigenvalue weighted by Crippen LogP contribution is 2.31. The van der Waals surface area contributed by atoms with E-state index in [4.69, 9.17) is 4.74 Å². The molecule has 4 heterocycles. The third-order valence-corrected chi connectivity index (χ3v) is 5.18. The fraction of sp³-hybridized carbons (Fsp3) is 0.647. The molecule has 12 heteroatoms. The first-order chi connectivity index (χ1) is 13.7. The van der Waals surface area contributed by atoms with E-state index in [1.807, 2.05) is 0 Å². The van der Waals surface area contributed by atoms with Crippen molar-refractivity contribution < 1.29 is 22.7 Å². The highest BCUT2D eigenvalue weighted by Gasteiger charge is 2.37. The molecule has 158 valence electrons. The number of nitrogens with zero attached hydrogens (tertiary/aromatic N) is 6. The molecule has 4 rings (SSSR count). The van der Waals surface area contributed by atoms with Crippen LogP contribution in [-0.2, 0) is 17.8 Å². The summed E-state index contributed by atoms with van der Waals surface area (Å²) >= 11 is 0. The Morgan fingerprint density at radius 3 is 2.79 bits per heavy atom. The molecule has 0 saturated carbocycles. The second kappa shape index (κ2) is 7.32. The lowest BCUT2D eigenvalue weighted by Gasteiger charge is -2.35. The summed E-state index contributed by atoms with van der Waals surface area (Å²) in [4.78, 5) is 19.0. The number of amides is 1. The van der Waals surface area contributed by atoms with Gasteiger partial charge in [0, 0.05) is 30.9 Å². The molecule has 0 aliphatic carbocycles. The number of nitrogens with one attached hydrogen (secondary N) is 1. The van der Waals surface area contributed by atoms with E-state index in [2.05, 4.69) is 20.5 Å². The maximum Gasteiger partial charge on any atom is 0.408 e. The summed E-state index contributed by atoms with van der Waals surface area (Å²) in [6.45, 7) is 4.30. The van der Waals surface area contributed by atoms with Crippen molar-refractivity contribution in [3.63, 3.8) is 0 Å². The van der Waals surface area contributed by atoms with E-state index < -0.39 is 18.8 Å². The van der Waals surface area contributed by atoms with E-state index in [9.17, 15) is 18.0 Å². The summed E-state index contributed by atoms with van der Waals surface area (Å²) in [7, 11) is 0. The minimum absolute atomic E-state index is 0.0688. The van der Waals surface area contributed by atoms with Crippen LogP contribution in [-0.4, -0.2) is 67.8 Å². The van der Waals surface area contributed by atoms with Crippen molar-refractivity contribution in [2.24, 2.45) is 0 Å². The minimum atomic E-state index is -4.38. The molecule has 0 spiro atoms. The zero-order valence-corrected chi connectivity index (χ0v) is 16.2. The summed E-state index contributed by atoms with van der Waals surface area (Å²) < 4.78 is 46.7. The van der Waals surface area contributed by atoms with Gasteiger partial charge in [0.25, 0.3) is 5.91 Å². The number of rotatable bonds is 3. The number of carbonyl (C=O) groups is 1. The number of anilines is 1. The molecule has 0 radical (unpaired) electrons.